The Bertz CT molecular complexity index is 1140. The van der Waals surface area contributed by atoms with E-state index in [4.69, 9.17) is 16.3 Å². The molecule has 0 fully saturated rings. The van der Waals surface area contributed by atoms with Crippen LogP contribution in [0.15, 0.2) is 60.8 Å². The maximum atomic E-state index is 13.4. The Kier molecular flexibility index (Phi) is 8.69. The fourth-order valence-corrected chi connectivity index (χ4v) is 3.97. The van der Waals surface area contributed by atoms with Crippen LogP contribution in [0.1, 0.15) is 40.8 Å². The van der Waals surface area contributed by atoms with Gasteiger partial charge in [-0.05, 0) is 60.5 Å². The molecule has 0 aliphatic rings. The lowest BCUT2D eigenvalue weighted by Crippen LogP contribution is -2.36. The molecular weight excluding hydrogens is 486 g/mol. The van der Waals surface area contributed by atoms with Crippen molar-refractivity contribution in [3.05, 3.63) is 94.0 Å². The number of aromatic nitrogens is 1. The molecular formula is C25H24ClF4N3O2. The summed E-state index contributed by atoms with van der Waals surface area (Å²) < 4.78 is 57.9. The van der Waals surface area contributed by atoms with Gasteiger partial charge in [-0.3, -0.25) is 9.78 Å². The Balaban J connectivity index is 1.90. The van der Waals surface area contributed by atoms with Gasteiger partial charge in [0.05, 0.1) is 7.11 Å². The highest BCUT2D eigenvalue weighted by atomic mass is 35.5. The summed E-state index contributed by atoms with van der Waals surface area (Å²) in [7, 11) is 2.98. The van der Waals surface area contributed by atoms with Gasteiger partial charge < -0.3 is 15.4 Å². The lowest BCUT2D eigenvalue weighted by atomic mass is 9.88. The van der Waals surface area contributed by atoms with Crippen LogP contribution in [-0.2, 0) is 11.0 Å². The molecule has 2 atom stereocenters. The summed E-state index contributed by atoms with van der Waals surface area (Å²) in [5, 5.41) is 6.17. The normalized spacial score (nSPS) is 13.2. The molecule has 0 bridgehead atoms. The molecule has 0 aliphatic carbocycles. The number of hydrogen-bond acceptors (Lipinski definition) is 4. The van der Waals surface area contributed by atoms with Crippen molar-refractivity contribution in [3.63, 3.8) is 0 Å². The smallest absolute Gasteiger partial charge is 0.433 e. The predicted octanol–water partition coefficient (Wildman–Crippen LogP) is 5.50. The zero-order valence-electron chi connectivity index (χ0n) is 19.0. The van der Waals surface area contributed by atoms with E-state index in [-0.39, 0.29) is 12.5 Å². The van der Waals surface area contributed by atoms with E-state index in [0.717, 1.165) is 6.07 Å². The summed E-state index contributed by atoms with van der Waals surface area (Å²) >= 11 is 6.21. The predicted molar refractivity (Wildman–Crippen MR) is 125 cm³/mol. The van der Waals surface area contributed by atoms with E-state index in [1.807, 2.05) is 0 Å². The highest BCUT2D eigenvalue weighted by molar-refractivity contribution is 6.30. The van der Waals surface area contributed by atoms with Gasteiger partial charge >= 0.3 is 6.18 Å². The SMILES string of the molecule is CNC(=O)[C@H](NCC[C@@H](c1ccc(C(F)(F)F)nc1)c1cc(Cl)ccc1OC)c1ccc(F)cc1. The standard InChI is InChI=1S/C25H24ClF4N3O2/c1-31-24(34)23(15-3-7-18(27)8-4-15)32-12-11-19(20-13-17(26)6-9-21(20)35-2)16-5-10-22(33-14-16)25(28,29)30/h3-10,13-14,19,23,32H,11-12H2,1-2H3,(H,31,34)/t19-,23+/m0/s1. The number of carbonyl (C=O) groups is 1. The molecule has 0 radical (unpaired) electrons. The molecule has 0 aliphatic heterocycles. The molecule has 0 saturated carbocycles. The van der Waals surface area contributed by atoms with E-state index in [1.165, 1.54) is 50.7 Å². The molecule has 1 aromatic heterocycles. The zero-order chi connectivity index (χ0) is 25.6. The highest BCUT2D eigenvalue weighted by Gasteiger charge is 2.32. The fraction of sp³-hybridized carbons (Fsp3) is 0.280. The summed E-state index contributed by atoms with van der Waals surface area (Å²) in [6, 6.07) is 12.1. The van der Waals surface area contributed by atoms with Crippen molar-refractivity contribution in [2.24, 2.45) is 0 Å². The second-order valence-corrected chi connectivity index (χ2v) is 8.19. The second-order valence-electron chi connectivity index (χ2n) is 7.76. The number of hydrogen-bond donors (Lipinski definition) is 2. The van der Waals surface area contributed by atoms with Crippen LogP contribution >= 0.6 is 11.6 Å². The summed E-state index contributed by atoms with van der Waals surface area (Å²) in [5.74, 6) is -0.665. The molecule has 0 spiro atoms. The number of methoxy groups -OCH3 is 1. The third kappa shape index (κ3) is 6.70. The van der Waals surface area contributed by atoms with E-state index in [1.54, 1.807) is 18.2 Å². The van der Waals surface area contributed by atoms with Crippen LogP contribution in [0.5, 0.6) is 5.75 Å². The number of halogens is 5. The lowest BCUT2D eigenvalue weighted by molar-refractivity contribution is -0.141. The van der Waals surface area contributed by atoms with Crippen LogP contribution in [0.3, 0.4) is 0 Å². The van der Waals surface area contributed by atoms with Gasteiger partial charge in [0, 0.05) is 29.7 Å². The van der Waals surface area contributed by atoms with Crippen molar-refractivity contribution >= 4 is 17.5 Å². The van der Waals surface area contributed by atoms with Gasteiger partial charge in [-0.1, -0.05) is 29.8 Å². The summed E-state index contributed by atoms with van der Waals surface area (Å²) in [4.78, 5) is 16.1. The first-order chi connectivity index (χ1) is 16.6. The number of ether oxygens (including phenoxy) is 1. The number of benzene rings is 2. The van der Waals surface area contributed by atoms with Crippen LogP contribution in [0.4, 0.5) is 17.6 Å². The molecule has 2 N–H and O–H groups in total. The molecule has 5 nitrogen and oxygen atoms in total. The summed E-state index contributed by atoms with van der Waals surface area (Å²) in [6.07, 6.45) is -3.00. The minimum Gasteiger partial charge on any atom is -0.496 e. The van der Waals surface area contributed by atoms with Crippen molar-refractivity contribution < 1.29 is 27.1 Å². The van der Waals surface area contributed by atoms with Crippen LogP contribution in [0, 0.1) is 5.82 Å². The number of nitrogens with zero attached hydrogens (tertiary/aromatic N) is 1. The Labute approximate surface area is 205 Å². The van der Waals surface area contributed by atoms with Crippen LogP contribution in [-0.4, -0.2) is 31.6 Å². The Hall–Kier alpha value is -3.17. The van der Waals surface area contributed by atoms with E-state index >= 15 is 0 Å². The maximum absolute atomic E-state index is 13.4. The number of carbonyl (C=O) groups excluding carboxylic acids is 1. The van der Waals surface area contributed by atoms with Crippen molar-refractivity contribution in [3.8, 4) is 5.75 Å². The zero-order valence-corrected chi connectivity index (χ0v) is 19.8. The molecule has 1 amide bonds. The molecule has 3 rings (SSSR count). The average molecular weight is 510 g/mol. The third-order valence-electron chi connectivity index (χ3n) is 5.54. The number of alkyl halides is 3. The van der Waals surface area contributed by atoms with Crippen molar-refractivity contribution in [2.45, 2.75) is 24.6 Å². The van der Waals surface area contributed by atoms with Gasteiger partial charge in [0.1, 0.15) is 23.3 Å². The molecule has 1 heterocycles. The highest BCUT2D eigenvalue weighted by Crippen LogP contribution is 2.37. The van der Waals surface area contributed by atoms with Crippen LogP contribution in [0.2, 0.25) is 5.02 Å². The van der Waals surface area contributed by atoms with Crippen molar-refractivity contribution in [1.29, 1.82) is 0 Å². The third-order valence-corrected chi connectivity index (χ3v) is 5.77. The first kappa shape index (κ1) is 26.4. The minimum absolute atomic E-state index is 0.289. The number of amides is 1. The second kappa shape index (κ2) is 11.5. The molecule has 186 valence electrons. The van der Waals surface area contributed by atoms with Gasteiger partial charge in [0.15, 0.2) is 0 Å². The number of pyridine rings is 1. The Morgan fingerprint density at radius 3 is 2.34 bits per heavy atom. The molecule has 35 heavy (non-hydrogen) atoms. The molecule has 10 heteroatoms. The van der Waals surface area contributed by atoms with E-state index in [0.29, 0.717) is 33.9 Å². The van der Waals surface area contributed by atoms with Gasteiger partial charge in [-0.2, -0.15) is 13.2 Å². The van der Waals surface area contributed by atoms with Gasteiger partial charge in [0.2, 0.25) is 5.91 Å². The fourth-order valence-electron chi connectivity index (χ4n) is 3.79. The topological polar surface area (TPSA) is 63.2 Å². The van der Waals surface area contributed by atoms with E-state index < -0.39 is 29.6 Å². The summed E-state index contributed by atoms with van der Waals surface area (Å²) in [6.45, 7) is 0.289. The number of nitrogens with one attached hydrogen (secondary N) is 2. The molecule has 2 aromatic carbocycles. The largest absolute Gasteiger partial charge is 0.496 e. The average Bonchev–Trinajstić information content (AvgIpc) is 2.84. The molecule has 0 unspecified atom stereocenters. The lowest BCUT2D eigenvalue weighted by Gasteiger charge is -2.23. The van der Waals surface area contributed by atoms with Crippen molar-refractivity contribution in [2.75, 3.05) is 20.7 Å². The first-order valence-electron chi connectivity index (χ1n) is 10.7. The van der Waals surface area contributed by atoms with Crippen molar-refractivity contribution in [1.82, 2.24) is 15.6 Å². The molecule has 3 aromatic rings. The maximum Gasteiger partial charge on any atom is 0.433 e. The molecule has 0 saturated heterocycles. The van der Waals surface area contributed by atoms with Gasteiger partial charge in [-0.15, -0.1) is 0 Å². The summed E-state index contributed by atoms with van der Waals surface area (Å²) in [5.41, 5.74) is 0.770. The monoisotopic (exact) mass is 509 g/mol. The van der Waals surface area contributed by atoms with Gasteiger partial charge in [-0.25, -0.2) is 4.39 Å². The quantitative estimate of drug-likeness (QED) is 0.374. The van der Waals surface area contributed by atoms with Crippen LogP contribution in [0.25, 0.3) is 0 Å². The number of rotatable bonds is 9. The van der Waals surface area contributed by atoms with E-state index in [9.17, 15) is 22.4 Å². The van der Waals surface area contributed by atoms with Crippen LogP contribution < -0.4 is 15.4 Å². The van der Waals surface area contributed by atoms with Gasteiger partial charge in [0.25, 0.3) is 0 Å². The van der Waals surface area contributed by atoms with E-state index in [2.05, 4.69) is 15.6 Å². The first-order valence-corrected chi connectivity index (χ1v) is 11.1. The Morgan fingerprint density at radius 2 is 1.77 bits per heavy atom. The number of likely N-dealkylation sites (N-methyl/N-ethyl adjacent to an activating group) is 1. The minimum atomic E-state index is -4.56. The Morgan fingerprint density at radius 1 is 1.09 bits per heavy atom.